The van der Waals surface area contributed by atoms with Crippen LogP contribution in [0, 0.1) is 18.6 Å². The summed E-state index contributed by atoms with van der Waals surface area (Å²) < 4.78 is 27.8. The predicted octanol–water partition coefficient (Wildman–Crippen LogP) is 1.25. The second-order valence-corrected chi connectivity index (χ2v) is 3.97. The van der Waals surface area contributed by atoms with E-state index in [9.17, 15) is 13.6 Å². The normalized spacial score (nSPS) is 10.9. The fourth-order valence-electron chi connectivity index (χ4n) is 1.89. The molecule has 0 unspecified atom stereocenters. The summed E-state index contributed by atoms with van der Waals surface area (Å²) in [5.41, 5.74) is 6.31. The van der Waals surface area contributed by atoms with Gasteiger partial charge in [0.2, 0.25) is 0 Å². The molecule has 0 atom stereocenters. The zero-order valence-corrected chi connectivity index (χ0v) is 9.84. The van der Waals surface area contributed by atoms with Gasteiger partial charge in [-0.25, -0.2) is 8.78 Å². The van der Waals surface area contributed by atoms with Gasteiger partial charge in [0.15, 0.2) is 5.82 Å². The van der Waals surface area contributed by atoms with Crippen LogP contribution in [-0.2, 0) is 6.42 Å². The number of H-pyrrole nitrogens is 1. The van der Waals surface area contributed by atoms with Crippen LogP contribution in [0.1, 0.15) is 11.3 Å². The average Bonchev–Trinajstić information content (AvgIpc) is 2.58. The lowest BCUT2D eigenvalue weighted by Crippen LogP contribution is -2.12. The third-order valence-electron chi connectivity index (χ3n) is 2.80. The van der Waals surface area contributed by atoms with Gasteiger partial charge in [0.05, 0.1) is 5.69 Å². The second kappa shape index (κ2) is 4.73. The van der Waals surface area contributed by atoms with Crippen LogP contribution in [-0.4, -0.2) is 16.3 Å². The van der Waals surface area contributed by atoms with Gasteiger partial charge in [-0.15, -0.1) is 0 Å². The van der Waals surface area contributed by atoms with Crippen LogP contribution < -0.4 is 11.3 Å². The highest BCUT2D eigenvalue weighted by Crippen LogP contribution is 2.16. The van der Waals surface area contributed by atoms with Gasteiger partial charge in [-0.3, -0.25) is 14.6 Å². The molecule has 0 saturated carbocycles. The molecule has 1 aromatic heterocycles. The summed E-state index contributed by atoms with van der Waals surface area (Å²) in [6.07, 6.45) is 0.414. The van der Waals surface area contributed by atoms with E-state index in [1.165, 1.54) is 10.7 Å². The lowest BCUT2D eigenvalue weighted by molar-refractivity contribution is 0.572. The van der Waals surface area contributed by atoms with Gasteiger partial charge in [-0.1, -0.05) is 0 Å². The summed E-state index contributed by atoms with van der Waals surface area (Å²) in [6.45, 7) is 2.02. The Kier molecular flexibility index (Phi) is 3.29. The third-order valence-corrected chi connectivity index (χ3v) is 2.80. The fraction of sp³-hybridized carbons (Fsp3) is 0.250. The smallest absolute Gasteiger partial charge is 0.267 e. The van der Waals surface area contributed by atoms with Gasteiger partial charge in [-0.2, -0.15) is 0 Å². The van der Waals surface area contributed by atoms with Crippen LogP contribution in [0.3, 0.4) is 0 Å². The topological polar surface area (TPSA) is 63.8 Å². The van der Waals surface area contributed by atoms with Crippen molar-refractivity contribution in [2.24, 2.45) is 5.73 Å². The van der Waals surface area contributed by atoms with Crippen molar-refractivity contribution in [3.8, 4) is 5.69 Å². The molecule has 6 heteroatoms. The van der Waals surface area contributed by atoms with Gasteiger partial charge in [0, 0.05) is 17.3 Å². The number of nitrogens with one attached hydrogen (secondary N) is 1. The third kappa shape index (κ3) is 2.06. The van der Waals surface area contributed by atoms with Gasteiger partial charge in [-0.05, 0) is 32.0 Å². The van der Waals surface area contributed by atoms with Crippen LogP contribution in [0.25, 0.3) is 5.69 Å². The van der Waals surface area contributed by atoms with Crippen LogP contribution in [0.5, 0.6) is 0 Å². The number of aromatic amines is 1. The van der Waals surface area contributed by atoms with E-state index >= 15 is 0 Å². The number of aromatic nitrogens is 2. The highest BCUT2D eigenvalue weighted by atomic mass is 19.1. The molecule has 0 aliphatic heterocycles. The van der Waals surface area contributed by atoms with Crippen LogP contribution in [0.4, 0.5) is 8.78 Å². The molecule has 0 fully saturated rings. The van der Waals surface area contributed by atoms with E-state index in [1.807, 2.05) is 0 Å². The number of hydrogen-bond acceptors (Lipinski definition) is 2. The molecule has 0 aliphatic carbocycles. The van der Waals surface area contributed by atoms with Crippen molar-refractivity contribution in [2.75, 3.05) is 6.54 Å². The first-order valence-corrected chi connectivity index (χ1v) is 5.50. The monoisotopic (exact) mass is 253 g/mol. The number of nitrogens with zero attached hydrogens (tertiary/aromatic N) is 1. The minimum Gasteiger partial charge on any atom is -0.330 e. The molecule has 0 aliphatic rings. The van der Waals surface area contributed by atoms with Crippen molar-refractivity contribution >= 4 is 0 Å². The molecule has 4 nitrogen and oxygen atoms in total. The molecule has 18 heavy (non-hydrogen) atoms. The molecule has 2 aromatic rings. The summed E-state index contributed by atoms with van der Waals surface area (Å²) in [5.74, 6) is -1.39. The zero-order valence-electron chi connectivity index (χ0n) is 9.84. The van der Waals surface area contributed by atoms with E-state index in [0.29, 0.717) is 24.2 Å². The molecule has 0 saturated heterocycles. The summed E-state index contributed by atoms with van der Waals surface area (Å²) in [5, 5.41) is 2.52. The summed E-state index contributed by atoms with van der Waals surface area (Å²) in [4.78, 5) is 11.7. The number of halogens is 2. The highest BCUT2D eigenvalue weighted by molar-refractivity contribution is 5.36. The van der Waals surface area contributed by atoms with Gasteiger partial charge in [0.25, 0.3) is 5.56 Å². The molecule has 0 radical (unpaired) electrons. The quantitative estimate of drug-likeness (QED) is 0.864. The maximum atomic E-state index is 13.6. The van der Waals surface area contributed by atoms with Crippen molar-refractivity contribution in [3.05, 3.63) is 51.4 Å². The maximum absolute atomic E-state index is 13.6. The summed E-state index contributed by atoms with van der Waals surface area (Å²) in [7, 11) is 0. The summed E-state index contributed by atoms with van der Waals surface area (Å²) in [6, 6.07) is 3.19. The Morgan fingerprint density at radius 1 is 1.39 bits per heavy atom. The number of hydrogen-bond donors (Lipinski definition) is 2. The first-order valence-electron chi connectivity index (χ1n) is 5.50. The van der Waals surface area contributed by atoms with Crippen molar-refractivity contribution in [3.63, 3.8) is 0 Å². The molecule has 1 heterocycles. The Labute approximate surface area is 102 Å². The average molecular weight is 253 g/mol. The van der Waals surface area contributed by atoms with E-state index in [1.54, 1.807) is 6.92 Å². The fourth-order valence-corrected chi connectivity index (χ4v) is 1.89. The van der Waals surface area contributed by atoms with E-state index in [2.05, 4.69) is 5.10 Å². The lowest BCUT2D eigenvalue weighted by atomic mass is 10.2. The summed E-state index contributed by atoms with van der Waals surface area (Å²) >= 11 is 0. The van der Waals surface area contributed by atoms with E-state index < -0.39 is 11.6 Å². The maximum Gasteiger partial charge on any atom is 0.267 e. The molecule has 3 N–H and O–H groups in total. The van der Waals surface area contributed by atoms with Gasteiger partial charge >= 0.3 is 0 Å². The SMILES string of the molecule is Cc1c(CCN)c(=O)[nH]n1-c1ccc(F)cc1F. The zero-order chi connectivity index (χ0) is 13.3. The van der Waals surface area contributed by atoms with Crippen molar-refractivity contribution in [2.45, 2.75) is 13.3 Å². The van der Waals surface area contributed by atoms with E-state index in [-0.39, 0.29) is 11.2 Å². The highest BCUT2D eigenvalue weighted by Gasteiger charge is 2.14. The predicted molar refractivity (Wildman–Crippen MR) is 63.8 cm³/mol. The lowest BCUT2D eigenvalue weighted by Gasteiger charge is -2.07. The molecule has 0 spiro atoms. The minimum absolute atomic E-state index is 0.106. The van der Waals surface area contributed by atoms with Crippen LogP contribution in [0.2, 0.25) is 0 Å². The van der Waals surface area contributed by atoms with Gasteiger partial charge in [0.1, 0.15) is 5.82 Å². The molecule has 1 aromatic carbocycles. The largest absolute Gasteiger partial charge is 0.330 e. The molecule has 0 amide bonds. The first-order chi connectivity index (χ1) is 8.54. The first kappa shape index (κ1) is 12.5. The minimum atomic E-state index is -0.733. The Balaban J connectivity index is 2.58. The Hall–Kier alpha value is -1.95. The van der Waals surface area contributed by atoms with Gasteiger partial charge < -0.3 is 5.73 Å². The number of nitrogens with two attached hydrogens (primary N) is 1. The Morgan fingerprint density at radius 2 is 2.11 bits per heavy atom. The second-order valence-electron chi connectivity index (χ2n) is 3.97. The molecule has 96 valence electrons. The van der Waals surface area contributed by atoms with Crippen molar-refractivity contribution in [1.82, 2.24) is 9.78 Å². The molecular formula is C12H13F2N3O. The number of rotatable bonds is 3. The Bertz CT molecular complexity index is 631. The number of benzene rings is 1. The molecular weight excluding hydrogens is 240 g/mol. The molecule has 2 rings (SSSR count). The van der Waals surface area contributed by atoms with E-state index in [4.69, 9.17) is 5.73 Å². The van der Waals surface area contributed by atoms with Crippen molar-refractivity contribution < 1.29 is 8.78 Å². The standard InChI is InChI=1S/C12H13F2N3O/c1-7-9(4-5-15)12(18)16-17(7)11-3-2-8(13)6-10(11)14/h2-3,6H,4-5,15H2,1H3,(H,16,18). The van der Waals surface area contributed by atoms with E-state index in [0.717, 1.165) is 12.1 Å². The van der Waals surface area contributed by atoms with Crippen LogP contribution in [0.15, 0.2) is 23.0 Å². The van der Waals surface area contributed by atoms with Crippen molar-refractivity contribution in [1.29, 1.82) is 0 Å². The molecule has 0 bridgehead atoms. The van der Waals surface area contributed by atoms with Crippen LogP contribution >= 0.6 is 0 Å². The Morgan fingerprint density at radius 3 is 2.72 bits per heavy atom.